The largest absolute Gasteiger partial charge is 0.488 e. The molecule has 3 aromatic rings. The first-order valence-corrected chi connectivity index (χ1v) is 9.35. The van der Waals surface area contributed by atoms with Crippen molar-refractivity contribution in [2.24, 2.45) is 5.10 Å². The molecule has 3 aromatic carbocycles. The normalized spacial score (nSPS) is 10.7. The van der Waals surface area contributed by atoms with E-state index in [1.807, 2.05) is 54.6 Å². The van der Waals surface area contributed by atoms with Crippen LogP contribution in [0.4, 0.5) is 0 Å². The first kappa shape index (κ1) is 19.1. The molecule has 1 amide bonds. The van der Waals surface area contributed by atoms with E-state index in [4.69, 9.17) is 16.3 Å². The zero-order valence-corrected chi connectivity index (χ0v) is 16.6. The van der Waals surface area contributed by atoms with Crippen molar-refractivity contribution in [3.05, 3.63) is 99.0 Å². The van der Waals surface area contributed by atoms with Crippen LogP contribution in [0.3, 0.4) is 0 Å². The summed E-state index contributed by atoms with van der Waals surface area (Å²) < 4.78 is 6.58. The monoisotopic (exact) mass is 442 g/mol. The van der Waals surface area contributed by atoms with Crippen molar-refractivity contribution >= 4 is 39.7 Å². The Hall–Kier alpha value is -2.63. The first-order chi connectivity index (χ1) is 13.1. The van der Waals surface area contributed by atoms with E-state index < -0.39 is 0 Å². The van der Waals surface area contributed by atoms with Crippen molar-refractivity contribution in [3.8, 4) is 5.75 Å². The van der Waals surface area contributed by atoms with E-state index in [9.17, 15) is 4.79 Å². The lowest BCUT2D eigenvalue weighted by molar-refractivity contribution is 0.0954. The van der Waals surface area contributed by atoms with Crippen LogP contribution in [-0.4, -0.2) is 12.1 Å². The highest BCUT2D eigenvalue weighted by molar-refractivity contribution is 9.10. The third kappa shape index (κ3) is 5.42. The summed E-state index contributed by atoms with van der Waals surface area (Å²) in [5.74, 6) is 0.379. The summed E-state index contributed by atoms with van der Waals surface area (Å²) in [6, 6.07) is 22.1. The molecule has 27 heavy (non-hydrogen) atoms. The highest BCUT2D eigenvalue weighted by atomic mass is 79.9. The van der Waals surface area contributed by atoms with E-state index >= 15 is 0 Å². The van der Waals surface area contributed by atoms with Crippen molar-refractivity contribution < 1.29 is 9.53 Å². The number of rotatable bonds is 6. The molecule has 136 valence electrons. The molecule has 0 bridgehead atoms. The number of carbonyl (C=O) groups is 1. The Bertz CT molecular complexity index is 958. The van der Waals surface area contributed by atoms with Crippen LogP contribution in [-0.2, 0) is 6.61 Å². The van der Waals surface area contributed by atoms with E-state index in [1.165, 1.54) is 0 Å². The molecular weight excluding hydrogens is 428 g/mol. The predicted octanol–water partition coefficient (Wildman–Crippen LogP) is 5.45. The number of nitrogens with one attached hydrogen (secondary N) is 1. The highest BCUT2D eigenvalue weighted by Gasteiger charge is 2.08. The van der Waals surface area contributed by atoms with Crippen LogP contribution in [0.15, 0.2) is 82.4 Å². The number of ether oxygens (including phenoxy) is 1. The van der Waals surface area contributed by atoms with Crippen LogP contribution in [0.5, 0.6) is 5.75 Å². The molecule has 0 aromatic heterocycles. The zero-order chi connectivity index (χ0) is 19.1. The Morgan fingerprint density at radius 1 is 1.04 bits per heavy atom. The third-order valence-corrected chi connectivity index (χ3v) is 4.66. The van der Waals surface area contributed by atoms with Gasteiger partial charge in [-0.25, -0.2) is 5.43 Å². The van der Waals surface area contributed by atoms with Crippen LogP contribution in [0, 0.1) is 0 Å². The van der Waals surface area contributed by atoms with Gasteiger partial charge in [0.25, 0.3) is 5.91 Å². The summed E-state index contributed by atoms with van der Waals surface area (Å²) in [5.41, 5.74) is 4.81. The quantitative estimate of drug-likeness (QED) is 0.407. The van der Waals surface area contributed by atoms with Crippen molar-refractivity contribution in [2.45, 2.75) is 6.61 Å². The van der Waals surface area contributed by atoms with Gasteiger partial charge in [0.05, 0.1) is 11.8 Å². The summed E-state index contributed by atoms with van der Waals surface area (Å²) in [6.45, 7) is 0.408. The summed E-state index contributed by atoms with van der Waals surface area (Å²) in [5, 5.41) is 4.73. The van der Waals surface area contributed by atoms with E-state index in [-0.39, 0.29) is 5.91 Å². The molecule has 0 fully saturated rings. The van der Waals surface area contributed by atoms with Crippen LogP contribution in [0.25, 0.3) is 0 Å². The molecule has 3 rings (SSSR count). The first-order valence-electron chi connectivity index (χ1n) is 8.17. The molecule has 4 nitrogen and oxygen atoms in total. The van der Waals surface area contributed by atoms with Gasteiger partial charge < -0.3 is 4.74 Å². The number of carbonyl (C=O) groups excluding carboxylic acids is 1. The number of hydrogen-bond donors (Lipinski definition) is 1. The van der Waals surface area contributed by atoms with Gasteiger partial charge in [-0.1, -0.05) is 48.0 Å². The van der Waals surface area contributed by atoms with Crippen LogP contribution in [0.2, 0.25) is 5.02 Å². The van der Waals surface area contributed by atoms with Crippen LogP contribution >= 0.6 is 27.5 Å². The van der Waals surface area contributed by atoms with Gasteiger partial charge in [-0.2, -0.15) is 5.10 Å². The maximum atomic E-state index is 12.2. The minimum absolute atomic E-state index is 0.293. The second kappa shape index (κ2) is 9.35. The topological polar surface area (TPSA) is 50.7 Å². The molecule has 0 atom stereocenters. The van der Waals surface area contributed by atoms with Crippen molar-refractivity contribution in [1.82, 2.24) is 5.43 Å². The minimum Gasteiger partial charge on any atom is -0.488 e. The summed E-state index contributed by atoms with van der Waals surface area (Å²) in [7, 11) is 0. The average molecular weight is 444 g/mol. The lowest BCUT2D eigenvalue weighted by Gasteiger charge is -2.09. The number of para-hydroxylation sites is 1. The molecule has 0 spiro atoms. The number of hydrogen-bond acceptors (Lipinski definition) is 3. The van der Waals surface area contributed by atoms with Gasteiger partial charge in [0.1, 0.15) is 12.4 Å². The van der Waals surface area contributed by atoms with Crippen molar-refractivity contribution in [1.29, 1.82) is 0 Å². The molecule has 0 unspecified atom stereocenters. The van der Waals surface area contributed by atoms with Gasteiger partial charge in [-0.05, 0) is 57.9 Å². The van der Waals surface area contributed by atoms with Gasteiger partial charge in [0.2, 0.25) is 0 Å². The van der Waals surface area contributed by atoms with E-state index in [0.717, 1.165) is 11.1 Å². The Morgan fingerprint density at radius 3 is 2.52 bits per heavy atom. The third-order valence-electron chi connectivity index (χ3n) is 3.71. The second-order valence-corrected chi connectivity index (χ2v) is 6.92. The van der Waals surface area contributed by atoms with Gasteiger partial charge >= 0.3 is 0 Å². The van der Waals surface area contributed by atoms with Crippen molar-refractivity contribution in [3.63, 3.8) is 0 Å². The van der Waals surface area contributed by atoms with Gasteiger partial charge in [-0.3, -0.25) is 4.79 Å². The Balaban J connectivity index is 1.65. The molecule has 0 aliphatic carbocycles. The van der Waals surface area contributed by atoms with Crippen LogP contribution < -0.4 is 10.2 Å². The van der Waals surface area contributed by atoms with Crippen LogP contribution in [0.1, 0.15) is 21.5 Å². The van der Waals surface area contributed by atoms with Gasteiger partial charge in [0, 0.05) is 15.1 Å². The van der Waals surface area contributed by atoms with Gasteiger partial charge in [0.15, 0.2) is 0 Å². The molecule has 0 heterocycles. The SMILES string of the molecule is O=C(N/N=C\c1ccccc1OCc1ccc(Cl)cc1)c1ccccc1Br. The molecule has 0 aliphatic heterocycles. The number of halogens is 2. The Morgan fingerprint density at radius 2 is 1.74 bits per heavy atom. The predicted molar refractivity (Wildman–Crippen MR) is 111 cm³/mol. The molecule has 1 N–H and O–H groups in total. The molecule has 0 saturated heterocycles. The summed E-state index contributed by atoms with van der Waals surface area (Å²) >= 11 is 9.25. The summed E-state index contributed by atoms with van der Waals surface area (Å²) in [6.07, 6.45) is 1.56. The summed E-state index contributed by atoms with van der Waals surface area (Å²) in [4.78, 5) is 12.2. The Kier molecular flexibility index (Phi) is 6.63. The average Bonchev–Trinajstić information content (AvgIpc) is 2.68. The fourth-order valence-electron chi connectivity index (χ4n) is 2.33. The molecular formula is C21H16BrClN2O2. The fourth-order valence-corrected chi connectivity index (χ4v) is 2.92. The fraction of sp³-hybridized carbons (Fsp3) is 0.0476. The number of amides is 1. The molecule has 6 heteroatoms. The lowest BCUT2D eigenvalue weighted by Crippen LogP contribution is -2.18. The second-order valence-electron chi connectivity index (χ2n) is 5.63. The standard InChI is InChI=1S/C21H16BrClN2O2/c22-19-7-3-2-6-18(19)21(26)25-24-13-16-5-1-4-8-20(16)27-14-15-9-11-17(23)12-10-15/h1-13H,14H2,(H,25,26)/b24-13-. The number of benzene rings is 3. The van der Waals surface area contributed by atoms with Crippen molar-refractivity contribution in [2.75, 3.05) is 0 Å². The highest BCUT2D eigenvalue weighted by Crippen LogP contribution is 2.19. The maximum absolute atomic E-state index is 12.2. The number of hydrazone groups is 1. The molecule has 0 radical (unpaired) electrons. The van der Waals surface area contributed by atoms with E-state index in [0.29, 0.717) is 27.4 Å². The molecule has 0 saturated carbocycles. The molecule has 0 aliphatic rings. The lowest BCUT2D eigenvalue weighted by atomic mass is 10.2. The van der Waals surface area contributed by atoms with E-state index in [2.05, 4.69) is 26.5 Å². The van der Waals surface area contributed by atoms with E-state index in [1.54, 1.807) is 24.4 Å². The smallest absolute Gasteiger partial charge is 0.272 e. The van der Waals surface area contributed by atoms with Gasteiger partial charge in [-0.15, -0.1) is 0 Å². The Labute approximate surface area is 171 Å². The minimum atomic E-state index is -0.293. The zero-order valence-electron chi connectivity index (χ0n) is 14.2. The number of nitrogens with zero attached hydrogens (tertiary/aromatic N) is 1. The maximum Gasteiger partial charge on any atom is 0.272 e.